The van der Waals surface area contributed by atoms with Crippen molar-refractivity contribution in [2.75, 3.05) is 11.4 Å². The van der Waals surface area contributed by atoms with Crippen LogP contribution in [0.5, 0.6) is 0 Å². The highest BCUT2D eigenvalue weighted by atomic mass is 35.5. The van der Waals surface area contributed by atoms with E-state index in [2.05, 4.69) is 21.9 Å². The third-order valence-corrected chi connectivity index (χ3v) is 3.47. The fourth-order valence-corrected chi connectivity index (χ4v) is 2.58. The summed E-state index contributed by atoms with van der Waals surface area (Å²) >= 11 is 6.06. The monoisotopic (exact) mass is 278 g/mol. The van der Waals surface area contributed by atoms with Crippen molar-refractivity contribution in [1.82, 2.24) is 14.8 Å². The maximum absolute atomic E-state index is 6.06. The molecule has 102 valence electrons. The van der Waals surface area contributed by atoms with Crippen LogP contribution in [0.4, 0.5) is 5.82 Å². The minimum atomic E-state index is 0.480. The maximum atomic E-state index is 6.06. The second-order valence-corrected chi connectivity index (χ2v) is 4.75. The van der Waals surface area contributed by atoms with Crippen LogP contribution in [0.1, 0.15) is 23.9 Å². The van der Waals surface area contributed by atoms with Gasteiger partial charge in [0.1, 0.15) is 5.82 Å². The molecule has 0 aliphatic heterocycles. The third kappa shape index (κ3) is 2.89. The Kier molecular flexibility index (Phi) is 4.43. The van der Waals surface area contributed by atoms with Crippen molar-refractivity contribution in [3.8, 4) is 0 Å². The highest BCUT2D eigenvalue weighted by molar-refractivity contribution is 6.17. The standard InChI is InChI=1S/C14H19ClN4/c1-4-19(10-12-7-5-6-8-16-12)14-13(9-15)11(2)17-18(14)3/h5-8H,4,9-10H2,1-3H3. The van der Waals surface area contributed by atoms with Crippen molar-refractivity contribution >= 4 is 17.4 Å². The van der Waals surface area contributed by atoms with Gasteiger partial charge in [0.15, 0.2) is 0 Å². The first-order valence-corrected chi connectivity index (χ1v) is 6.94. The van der Waals surface area contributed by atoms with Gasteiger partial charge < -0.3 is 4.90 Å². The van der Waals surface area contributed by atoms with Gasteiger partial charge in [-0.05, 0) is 26.0 Å². The van der Waals surface area contributed by atoms with E-state index in [1.54, 1.807) is 0 Å². The lowest BCUT2D eigenvalue weighted by molar-refractivity contribution is 0.699. The summed E-state index contributed by atoms with van der Waals surface area (Å²) in [5.41, 5.74) is 3.14. The van der Waals surface area contributed by atoms with Crippen molar-refractivity contribution in [3.05, 3.63) is 41.3 Å². The molecule has 0 spiro atoms. The predicted molar refractivity (Wildman–Crippen MR) is 78.5 cm³/mol. The molecule has 19 heavy (non-hydrogen) atoms. The van der Waals surface area contributed by atoms with Crippen LogP contribution < -0.4 is 4.90 Å². The number of aromatic nitrogens is 3. The van der Waals surface area contributed by atoms with Gasteiger partial charge in [-0.1, -0.05) is 6.07 Å². The Balaban J connectivity index is 2.32. The molecule has 0 N–H and O–H groups in total. The van der Waals surface area contributed by atoms with E-state index in [0.717, 1.165) is 35.9 Å². The molecular formula is C14H19ClN4. The molecule has 0 aliphatic carbocycles. The van der Waals surface area contributed by atoms with Crippen LogP contribution in [0.25, 0.3) is 0 Å². The Morgan fingerprint density at radius 3 is 2.74 bits per heavy atom. The van der Waals surface area contributed by atoms with E-state index in [-0.39, 0.29) is 0 Å². The van der Waals surface area contributed by atoms with E-state index in [1.807, 2.05) is 43.0 Å². The lowest BCUT2D eigenvalue weighted by Gasteiger charge is -2.23. The van der Waals surface area contributed by atoms with Gasteiger partial charge in [0, 0.05) is 25.4 Å². The number of pyridine rings is 1. The van der Waals surface area contributed by atoms with Crippen LogP contribution in [-0.2, 0) is 19.5 Å². The molecule has 0 saturated carbocycles. The normalized spacial score (nSPS) is 10.7. The first-order valence-electron chi connectivity index (χ1n) is 6.40. The molecule has 0 fully saturated rings. The lowest BCUT2D eigenvalue weighted by Crippen LogP contribution is -2.25. The quantitative estimate of drug-likeness (QED) is 0.789. The first-order chi connectivity index (χ1) is 9.17. The summed E-state index contributed by atoms with van der Waals surface area (Å²) in [7, 11) is 1.96. The SMILES string of the molecule is CCN(Cc1ccccn1)c1c(CCl)c(C)nn1C. The lowest BCUT2D eigenvalue weighted by atomic mass is 10.2. The van der Waals surface area contributed by atoms with Crippen molar-refractivity contribution in [2.45, 2.75) is 26.3 Å². The van der Waals surface area contributed by atoms with Crippen molar-refractivity contribution < 1.29 is 0 Å². The molecule has 2 aromatic heterocycles. The van der Waals surface area contributed by atoms with Gasteiger partial charge in [-0.3, -0.25) is 9.67 Å². The van der Waals surface area contributed by atoms with Crippen molar-refractivity contribution in [3.63, 3.8) is 0 Å². The Morgan fingerprint density at radius 2 is 2.16 bits per heavy atom. The van der Waals surface area contributed by atoms with E-state index in [9.17, 15) is 0 Å². The average molecular weight is 279 g/mol. The molecule has 5 heteroatoms. The number of alkyl halides is 1. The summed E-state index contributed by atoms with van der Waals surface area (Å²) in [6, 6.07) is 5.97. The van der Waals surface area contributed by atoms with Crippen molar-refractivity contribution in [2.24, 2.45) is 7.05 Å². The highest BCUT2D eigenvalue weighted by Gasteiger charge is 2.18. The topological polar surface area (TPSA) is 34.0 Å². The van der Waals surface area contributed by atoms with Crippen LogP contribution in [0.2, 0.25) is 0 Å². The second kappa shape index (κ2) is 6.06. The van der Waals surface area contributed by atoms with E-state index in [0.29, 0.717) is 5.88 Å². The molecule has 0 amide bonds. The predicted octanol–water partition coefficient (Wildman–Crippen LogP) is 2.89. The average Bonchev–Trinajstić information content (AvgIpc) is 2.71. The number of hydrogen-bond donors (Lipinski definition) is 0. The molecule has 2 rings (SSSR count). The minimum Gasteiger partial charge on any atom is -0.351 e. The first kappa shape index (κ1) is 13.9. The van der Waals surface area contributed by atoms with Gasteiger partial charge >= 0.3 is 0 Å². The molecule has 0 radical (unpaired) electrons. The summed E-state index contributed by atoms with van der Waals surface area (Å²) in [5, 5.41) is 4.46. The zero-order valence-corrected chi connectivity index (χ0v) is 12.4. The number of halogens is 1. The van der Waals surface area contributed by atoms with Gasteiger partial charge in [0.05, 0.1) is 23.8 Å². The Hall–Kier alpha value is -1.55. The highest BCUT2D eigenvalue weighted by Crippen LogP contribution is 2.25. The molecule has 4 nitrogen and oxygen atoms in total. The molecule has 0 bridgehead atoms. The summed E-state index contributed by atoms with van der Waals surface area (Å²) in [6.45, 7) is 5.78. The van der Waals surface area contributed by atoms with Crippen LogP contribution in [0, 0.1) is 6.92 Å². The van der Waals surface area contributed by atoms with E-state index >= 15 is 0 Å². The summed E-state index contributed by atoms with van der Waals surface area (Å²) in [4.78, 5) is 6.63. The number of hydrogen-bond acceptors (Lipinski definition) is 3. The van der Waals surface area contributed by atoms with Crippen LogP contribution in [0.3, 0.4) is 0 Å². The molecule has 0 saturated heterocycles. The molecule has 0 unspecified atom stereocenters. The van der Waals surface area contributed by atoms with Crippen LogP contribution in [0.15, 0.2) is 24.4 Å². The fraction of sp³-hybridized carbons (Fsp3) is 0.429. The Morgan fingerprint density at radius 1 is 1.37 bits per heavy atom. The molecule has 0 aromatic carbocycles. The number of rotatable bonds is 5. The zero-order chi connectivity index (χ0) is 13.8. The van der Waals surface area contributed by atoms with Crippen molar-refractivity contribution in [1.29, 1.82) is 0 Å². The molecule has 2 aromatic rings. The van der Waals surface area contributed by atoms with Gasteiger partial charge in [0.2, 0.25) is 0 Å². The second-order valence-electron chi connectivity index (χ2n) is 4.48. The smallest absolute Gasteiger partial charge is 0.131 e. The molecule has 0 aliphatic rings. The fourth-order valence-electron chi connectivity index (χ4n) is 2.27. The third-order valence-electron chi connectivity index (χ3n) is 3.21. The van der Waals surface area contributed by atoms with Crippen LogP contribution >= 0.6 is 11.6 Å². The maximum Gasteiger partial charge on any atom is 0.131 e. The van der Waals surface area contributed by atoms with E-state index in [1.165, 1.54) is 0 Å². The molecular weight excluding hydrogens is 260 g/mol. The Labute approximate surface area is 119 Å². The van der Waals surface area contributed by atoms with E-state index < -0.39 is 0 Å². The number of anilines is 1. The summed E-state index contributed by atoms with van der Waals surface area (Å²) in [5.74, 6) is 1.56. The molecule has 2 heterocycles. The zero-order valence-electron chi connectivity index (χ0n) is 11.6. The summed E-state index contributed by atoms with van der Waals surface area (Å²) < 4.78 is 1.90. The van der Waals surface area contributed by atoms with Gasteiger partial charge in [-0.15, -0.1) is 11.6 Å². The Bertz CT molecular complexity index is 536. The molecule has 0 atom stereocenters. The number of nitrogens with zero attached hydrogens (tertiary/aromatic N) is 4. The van der Waals surface area contributed by atoms with E-state index in [4.69, 9.17) is 11.6 Å². The minimum absolute atomic E-state index is 0.480. The largest absolute Gasteiger partial charge is 0.351 e. The number of aryl methyl sites for hydroxylation is 2. The van der Waals surface area contributed by atoms with Gasteiger partial charge in [-0.25, -0.2) is 0 Å². The van der Waals surface area contributed by atoms with Gasteiger partial charge in [0.25, 0.3) is 0 Å². The van der Waals surface area contributed by atoms with Crippen LogP contribution in [-0.4, -0.2) is 21.3 Å². The summed E-state index contributed by atoms with van der Waals surface area (Å²) in [6.07, 6.45) is 1.82. The van der Waals surface area contributed by atoms with Gasteiger partial charge in [-0.2, -0.15) is 5.10 Å².